The summed E-state index contributed by atoms with van der Waals surface area (Å²) >= 11 is 0. The molecule has 0 unspecified atom stereocenters. The van der Waals surface area contributed by atoms with Gasteiger partial charge in [0.05, 0.1) is 12.2 Å². The van der Waals surface area contributed by atoms with Crippen LogP contribution in [0.4, 0.5) is 0 Å². The molecule has 6 nitrogen and oxygen atoms in total. The van der Waals surface area contributed by atoms with Crippen molar-refractivity contribution in [2.75, 3.05) is 6.54 Å². The Morgan fingerprint density at radius 1 is 1.20 bits per heavy atom. The minimum absolute atomic E-state index is 0.0736. The molecular formula is C19H20N4O2. The minimum Gasteiger partial charge on any atom is -0.353 e. The fourth-order valence-electron chi connectivity index (χ4n) is 3.39. The molecule has 1 amide bonds. The van der Waals surface area contributed by atoms with Crippen molar-refractivity contribution < 1.29 is 4.79 Å². The minimum atomic E-state index is -0.0914. The Hall–Kier alpha value is -2.89. The number of benzene rings is 1. The number of rotatable bonds is 5. The van der Waals surface area contributed by atoms with E-state index in [0.29, 0.717) is 13.1 Å². The van der Waals surface area contributed by atoms with Crippen LogP contribution in [0.3, 0.4) is 0 Å². The molecule has 0 aliphatic heterocycles. The molecule has 2 heterocycles. The molecule has 0 fully saturated rings. The van der Waals surface area contributed by atoms with Gasteiger partial charge in [-0.3, -0.25) is 9.59 Å². The molecule has 1 aromatic carbocycles. The highest BCUT2D eigenvalue weighted by Gasteiger charge is 2.14. The molecule has 0 radical (unpaired) electrons. The van der Waals surface area contributed by atoms with Gasteiger partial charge < -0.3 is 9.88 Å². The second-order valence-corrected chi connectivity index (χ2v) is 6.38. The molecule has 25 heavy (non-hydrogen) atoms. The van der Waals surface area contributed by atoms with E-state index in [4.69, 9.17) is 0 Å². The Morgan fingerprint density at radius 2 is 2.08 bits per heavy atom. The Kier molecular flexibility index (Phi) is 4.09. The van der Waals surface area contributed by atoms with Gasteiger partial charge >= 0.3 is 0 Å². The van der Waals surface area contributed by atoms with Crippen molar-refractivity contribution in [1.82, 2.24) is 19.7 Å². The summed E-state index contributed by atoms with van der Waals surface area (Å²) in [5.41, 5.74) is 3.04. The summed E-state index contributed by atoms with van der Waals surface area (Å²) in [5, 5.41) is 8.40. The van der Waals surface area contributed by atoms with Crippen LogP contribution in [0.2, 0.25) is 0 Å². The van der Waals surface area contributed by atoms with E-state index in [2.05, 4.69) is 10.4 Å². The molecule has 1 aliphatic carbocycles. The molecule has 2 aromatic heterocycles. The maximum atomic E-state index is 12.2. The number of aromatic nitrogens is 3. The Balaban J connectivity index is 1.36. The van der Waals surface area contributed by atoms with E-state index in [1.165, 1.54) is 4.68 Å². The molecule has 0 bridgehead atoms. The molecule has 6 heteroatoms. The summed E-state index contributed by atoms with van der Waals surface area (Å²) in [6, 6.07) is 11.6. The number of fused-ring (bicyclic) bond motifs is 2. The Bertz CT molecular complexity index is 986. The van der Waals surface area contributed by atoms with Crippen molar-refractivity contribution in [1.29, 1.82) is 0 Å². The normalized spacial score (nSPS) is 13.1. The fraction of sp³-hybridized carbons (Fsp3) is 0.316. The van der Waals surface area contributed by atoms with Crippen LogP contribution < -0.4 is 10.9 Å². The third kappa shape index (κ3) is 3.20. The number of para-hydroxylation sites is 1. The first-order valence-corrected chi connectivity index (χ1v) is 8.61. The molecule has 1 aliphatic rings. The van der Waals surface area contributed by atoms with Gasteiger partial charge in [-0.25, -0.2) is 4.68 Å². The van der Waals surface area contributed by atoms with E-state index in [9.17, 15) is 9.59 Å². The zero-order valence-corrected chi connectivity index (χ0v) is 13.9. The number of nitrogens with one attached hydrogen (secondary N) is 1. The summed E-state index contributed by atoms with van der Waals surface area (Å²) in [7, 11) is 0. The number of carbonyl (C=O) groups is 1. The summed E-state index contributed by atoms with van der Waals surface area (Å²) in [5.74, 6) is -0.0736. The van der Waals surface area contributed by atoms with E-state index in [1.807, 2.05) is 41.1 Å². The molecular weight excluding hydrogens is 316 g/mol. The van der Waals surface area contributed by atoms with Gasteiger partial charge in [0.15, 0.2) is 0 Å². The van der Waals surface area contributed by atoms with Crippen molar-refractivity contribution in [2.45, 2.75) is 32.4 Å². The van der Waals surface area contributed by atoms with Crippen LogP contribution in [0, 0.1) is 0 Å². The average molecular weight is 336 g/mol. The molecule has 128 valence electrons. The topological polar surface area (TPSA) is 68.9 Å². The van der Waals surface area contributed by atoms with E-state index >= 15 is 0 Å². The second kappa shape index (κ2) is 6.55. The van der Waals surface area contributed by atoms with Gasteiger partial charge in [0, 0.05) is 24.3 Å². The number of hydrogen-bond acceptors (Lipinski definition) is 3. The summed E-state index contributed by atoms with van der Waals surface area (Å²) in [6.07, 6.45) is 4.85. The van der Waals surface area contributed by atoms with Crippen molar-refractivity contribution in [3.8, 4) is 0 Å². The lowest BCUT2D eigenvalue weighted by molar-refractivity contribution is -0.121. The zero-order chi connectivity index (χ0) is 17.2. The highest BCUT2D eigenvalue weighted by atomic mass is 16.2. The van der Waals surface area contributed by atoms with Crippen molar-refractivity contribution in [2.24, 2.45) is 0 Å². The number of nitrogens with zero attached hydrogens (tertiary/aromatic N) is 3. The number of carbonyl (C=O) groups excluding carboxylic acids is 1. The third-order valence-corrected chi connectivity index (χ3v) is 4.66. The van der Waals surface area contributed by atoms with E-state index in [1.54, 1.807) is 6.07 Å². The third-order valence-electron chi connectivity index (χ3n) is 4.66. The maximum Gasteiger partial charge on any atom is 0.267 e. The summed E-state index contributed by atoms with van der Waals surface area (Å²) < 4.78 is 3.37. The van der Waals surface area contributed by atoms with E-state index < -0.39 is 0 Å². The Labute approximate surface area is 145 Å². The number of hydrogen-bond donors (Lipinski definition) is 1. The van der Waals surface area contributed by atoms with Crippen LogP contribution >= 0.6 is 0 Å². The van der Waals surface area contributed by atoms with Crippen LogP contribution in [0.1, 0.15) is 17.7 Å². The average Bonchev–Trinajstić information content (AvgIpc) is 3.22. The van der Waals surface area contributed by atoms with Gasteiger partial charge in [-0.2, -0.15) is 5.10 Å². The lowest BCUT2D eigenvalue weighted by atomic mass is 10.2. The fourth-order valence-corrected chi connectivity index (χ4v) is 3.39. The number of aryl methyl sites for hydroxylation is 2. The van der Waals surface area contributed by atoms with E-state index in [-0.39, 0.29) is 18.0 Å². The van der Waals surface area contributed by atoms with Gasteiger partial charge in [-0.15, -0.1) is 0 Å². The van der Waals surface area contributed by atoms with Gasteiger partial charge in [0.25, 0.3) is 5.56 Å². The molecule has 0 spiro atoms. The predicted octanol–water partition coefficient (Wildman–Crippen LogP) is 1.50. The van der Waals surface area contributed by atoms with Crippen molar-refractivity contribution >= 4 is 16.8 Å². The van der Waals surface area contributed by atoms with Gasteiger partial charge in [-0.1, -0.05) is 18.2 Å². The van der Waals surface area contributed by atoms with Gasteiger partial charge in [0.1, 0.15) is 6.54 Å². The molecule has 0 saturated heterocycles. The lowest BCUT2D eigenvalue weighted by Crippen LogP contribution is -2.34. The number of amides is 1. The quantitative estimate of drug-likeness (QED) is 0.768. The highest BCUT2D eigenvalue weighted by molar-refractivity contribution is 5.83. The molecule has 4 rings (SSSR count). The molecule has 3 aromatic rings. The lowest BCUT2D eigenvalue weighted by Gasteiger charge is -2.09. The van der Waals surface area contributed by atoms with Gasteiger partial charge in [0.2, 0.25) is 5.91 Å². The molecule has 0 atom stereocenters. The van der Waals surface area contributed by atoms with Crippen LogP contribution in [0.5, 0.6) is 0 Å². The first-order valence-electron chi connectivity index (χ1n) is 8.61. The Morgan fingerprint density at radius 3 is 3.00 bits per heavy atom. The summed E-state index contributed by atoms with van der Waals surface area (Å²) in [6.45, 7) is 1.05. The van der Waals surface area contributed by atoms with Crippen LogP contribution in [-0.4, -0.2) is 26.8 Å². The smallest absolute Gasteiger partial charge is 0.267 e. The van der Waals surface area contributed by atoms with Gasteiger partial charge in [-0.05, 0) is 42.3 Å². The highest BCUT2D eigenvalue weighted by Crippen LogP contribution is 2.17. The maximum absolute atomic E-state index is 12.2. The monoisotopic (exact) mass is 336 g/mol. The van der Waals surface area contributed by atoms with Crippen LogP contribution in [-0.2, 0) is 30.7 Å². The van der Waals surface area contributed by atoms with Crippen LogP contribution in [0.25, 0.3) is 10.9 Å². The molecule has 0 saturated carbocycles. The van der Waals surface area contributed by atoms with Crippen molar-refractivity contribution in [3.05, 3.63) is 64.2 Å². The largest absolute Gasteiger partial charge is 0.353 e. The summed E-state index contributed by atoms with van der Waals surface area (Å²) in [4.78, 5) is 24.2. The first kappa shape index (κ1) is 15.6. The van der Waals surface area contributed by atoms with Crippen LogP contribution in [0.15, 0.2) is 47.4 Å². The second-order valence-electron chi connectivity index (χ2n) is 6.38. The molecule has 1 N–H and O–H groups in total. The predicted molar refractivity (Wildman–Crippen MR) is 95.5 cm³/mol. The van der Waals surface area contributed by atoms with E-state index in [0.717, 1.165) is 41.4 Å². The standard InChI is InChI=1S/C19H20N4O2/c24-18(13-22-10-8-14-4-1-2-7-17(14)22)20-9-11-23-19(25)12-15-5-3-6-16(15)21-23/h1-2,4,7-8,10,12H,3,5-6,9,11,13H2,(H,20,24). The zero-order valence-electron chi connectivity index (χ0n) is 13.9. The SMILES string of the molecule is O=C(Cn1ccc2ccccc21)NCCn1nc2c(cc1=O)CCC2. The van der Waals surface area contributed by atoms with Crippen molar-refractivity contribution in [3.63, 3.8) is 0 Å². The first-order chi connectivity index (χ1) is 12.2.